The van der Waals surface area contributed by atoms with Crippen molar-refractivity contribution < 1.29 is 8.42 Å². The molecular formula is C13H28N2O2S. The van der Waals surface area contributed by atoms with Crippen LogP contribution in [0.4, 0.5) is 0 Å². The molecule has 1 heterocycles. The van der Waals surface area contributed by atoms with E-state index in [1.165, 1.54) is 32.4 Å². The van der Waals surface area contributed by atoms with E-state index in [2.05, 4.69) is 17.1 Å². The third-order valence-corrected chi connectivity index (χ3v) is 5.61. The lowest BCUT2D eigenvalue weighted by Gasteiger charge is -2.33. The highest BCUT2D eigenvalue weighted by Crippen LogP contribution is 2.11. The average molecular weight is 276 g/mol. The maximum atomic E-state index is 11.5. The van der Waals surface area contributed by atoms with Crippen LogP contribution in [0.15, 0.2) is 0 Å². The van der Waals surface area contributed by atoms with Crippen LogP contribution in [-0.4, -0.2) is 56.5 Å². The summed E-state index contributed by atoms with van der Waals surface area (Å²) >= 11 is 0. The fourth-order valence-corrected chi connectivity index (χ4v) is 3.53. The van der Waals surface area contributed by atoms with Crippen molar-refractivity contribution in [3.05, 3.63) is 0 Å². The van der Waals surface area contributed by atoms with Crippen LogP contribution in [0.3, 0.4) is 0 Å². The van der Waals surface area contributed by atoms with E-state index in [0.29, 0.717) is 6.04 Å². The van der Waals surface area contributed by atoms with Gasteiger partial charge in [0.25, 0.3) is 0 Å². The van der Waals surface area contributed by atoms with Crippen LogP contribution >= 0.6 is 0 Å². The number of hydrogen-bond donors (Lipinski definition) is 1. The maximum absolute atomic E-state index is 11.5. The van der Waals surface area contributed by atoms with E-state index in [-0.39, 0.29) is 17.5 Å². The second-order valence-corrected chi connectivity index (χ2v) is 7.85. The normalized spacial score (nSPS) is 21.7. The minimum atomic E-state index is -2.87. The molecule has 5 heteroatoms. The largest absolute Gasteiger partial charge is 0.312 e. The van der Waals surface area contributed by atoms with Gasteiger partial charge in [0.1, 0.15) is 0 Å². The highest BCUT2D eigenvalue weighted by atomic mass is 32.2. The highest BCUT2D eigenvalue weighted by Gasteiger charge is 2.18. The smallest absolute Gasteiger partial charge is 0.151 e. The first kappa shape index (κ1) is 15.9. The topological polar surface area (TPSA) is 49.4 Å². The third-order valence-electron chi connectivity index (χ3n) is 3.72. The zero-order valence-corrected chi connectivity index (χ0v) is 12.8. The standard InChI is InChI=1S/C13H28N2O2S/c1-4-18(16,17)11-12(2)14-10-13(3)15-8-6-5-7-9-15/h12-14H,4-11H2,1-3H3. The van der Waals surface area contributed by atoms with Gasteiger partial charge in [0, 0.05) is 24.4 Å². The molecule has 0 aromatic rings. The molecule has 1 fully saturated rings. The van der Waals surface area contributed by atoms with E-state index in [9.17, 15) is 8.42 Å². The molecule has 0 radical (unpaired) electrons. The summed E-state index contributed by atoms with van der Waals surface area (Å²) < 4.78 is 23.0. The summed E-state index contributed by atoms with van der Waals surface area (Å²) in [5.74, 6) is 0.483. The number of piperidine rings is 1. The number of likely N-dealkylation sites (tertiary alicyclic amines) is 1. The molecule has 1 saturated heterocycles. The Morgan fingerprint density at radius 3 is 2.33 bits per heavy atom. The van der Waals surface area contributed by atoms with Crippen molar-refractivity contribution in [3.63, 3.8) is 0 Å². The van der Waals surface area contributed by atoms with Gasteiger partial charge >= 0.3 is 0 Å². The number of rotatable bonds is 7. The molecule has 2 atom stereocenters. The molecule has 0 aliphatic carbocycles. The van der Waals surface area contributed by atoms with Gasteiger partial charge in [0.05, 0.1) is 5.75 Å². The van der Waals surface area contributed by atoms with Crippen LogP contribution in [0.5, 0.6) is 0 Å². The van der Waals surface area contributed by atoms with E-state index in [1.54, 1.807) is 6.92 Å². The van der Waals surface area contributed by atoms with Crippen molar-refractivity contribution >= 4 is 9.84 Å². The second-order valence-electron chi connectivity index (χ2n) is 5.45. The molecule has 0 aromatic carbocycles. The first-order valence-corrected chi connectivity index (χ1v) is 8.94. The number of nitrogens with one attached hydrogen (secondary N) is 1. The van der Waals surface area contributed by atoms with E-state index in [0.717, 1.165) is 6.54 Å². The quantitative estimate of drug-likeness (QED) is 0.761. The summed E-state index contributed by atoms with van der Waals surface area (Å²) in [4.78, 5) is 2.50. The van der Waals surface area contributed by atoms with E-state index in [1.807, 2.05) is 6.92 Å². The molecule has 0 bridgehead atoms. The Kier molecular flexibility index (Phi) is 6.60. The highest BCUT2D eigenvalue weighted by molar-refractivity contribution is 7.91. The first-order valence-electron chi connectivity index (χ1n) is 7.12. The number of nitrogens with zero attached hydrogens (tertiary/aromatic N) is 1. The van der Waals surface area contributed by atoms with Gasteiger partial charge in [-0.3, -0.25) is 4.90 Å². The Morgan fingerprint density at radius 2 is 1.78 bits per heavy atom. The fraction of sp³-hybridized carbons (Fsp3) is 1.00. The number of hydrogen-bond acceptors (Lipinski definition) is 4. The van der Waals surface area contributed by atoms with Gasteiger partial charge in [0.2, 0.25) is 0 Å². The summed E-state index contributed by atoms with van der Waals surface area (Å²) in [5, 5.41) is 3.35. The van der Waals surface area contributed by atoms with Crippen LogP contribution in [-0.2, 0) is 9.84 Å². The molecule has 18 heavy (non-hydrogen) atoms. The lowest BCUT2D eigenvalue weighted by atomic mass is 10.1. The molecule has 1 aliphatic rings. The lowest BCUT2D eigenvalue weighted by molar-refractivity contribution is 0.169. The fourth-order valence-electron chi connectivity index (χ4n) is 2.42. The van der Waals surface area contributed by atoms with Crippen molar-refractivity contribution in [1.29, 1.82) is 0 Å². The summed E-state index contributed by atoms with van der Waals surface area (Å²) in [5.41, 5.74) is 0. The van der Waals surface area contributed by atoms with Crippen molar-refractivity contribution in [2.24, 2.45) is 0 Å². The van der Waals surface area contributed by atoms with Crippen molar-refractivity contribution in [2.45, 2.75) is 52.1 Å². The molecule has 0 amide bonds. The van der Waals surface area contributed by atoms with Crippen LogP contribution < -0.4 is 5.32 Å². The van der Waals surface area contributed by atoms with Gasteiger partial charge in [-0.25, -0.2) is 8.42 Å². The minimum absolute atomic E-state index is 0.0437. The second kappa shape index (κ2) is 7.46. The van der Waals surface area contributed by atoms with Crippen LogP contribution in [0, 0.1) is 0 Å². The summed E-state index contributed by atoms with van der Waals surface area (Å²) in [6, 6.07) is 0.541. The molecule has 108 valence electrons. The van der Waals surface area contributed by atoms with E-state index in [4.69, 9.17) is 0 Å². The van der Waals surface area contributed by atoms with Gasteiger partial charge in [-0.2, -0.15) is 0 Å². The summed E-state index contributed by atoms with van der Waals surface area (Å²) in [6.07, 6.45) is 3.94. The molecule has 4 nitrogen and oxygen atoms in total. The van der Waals surface area contributed by atoms with Crippen molar-refractivity contribution in [3.8, 4) is 0 Å². The maximum Gasteiger partial charge on any atom is 0.151 e. The molecule has 0 saturated carbocycles. The Hall–Kier alpha value is -0.130. The molecule has 1 rings (SSSR count). The third kappa shape index (κ3) is 5.67. The van der Waals surface area contributed by atoms with E-state index >= 15 is 0 Å². The Morgan fingerprint density at radius 1 is 1.17 bits per heavy atom. The minimum Gasteiger partial charge on any atom is -0.312 e. The monoisotopic (exact) mass is 276 g/mol. The molecule has 0 spiro atoms. The zero-order valence-electron chi connectivity index (χ0n) is 12.0. The van der Waals surface area contributed by atoms with Gasteiger partial charge in [-0.1, -0.05) is 13.3 Å². The summed E-state index contributed by atoms with van der Waals surface area (Å²) in [6.45, 7) is 9.13. The first-order chi connectivity index (χ1) is 8.44. The molecular weight excluding hydrogens is 248 g/mol. The van der Waals surface area contributed by atoms with Gasteiger partial charge in [-0.15, -0.1) is 0 Å². The molecule has 1 aliphatic heterocycles. The average Bonchev–Trinajstić information content (AvgIpc) is 2.36. The Bertz CT molecular complexity index is 324. The Balaban J connectivity index is 2.26. The van der Waals surface area contributed by atoms with Gasteiger partial charge in [0.15, 0.2) is 9.84 Å². The van der Waals surface area contributed by atoms with Gasteiger partial charge < -0.3 is 5.32 Å². The predicted molar refractivity (Wildman–Crippen MR) is 76.7 cm³/mol. The van der Waals surface area contributed by atoms with E-state index < -0.39 is 9.84 Å². The predicted octanol–water partition coefficient (Wildman–Crippen LogP) is 1.27. The zero-order chi connectivity index (χ0) is 13.6. The molecule has 2 unspecified atom stereocenters. The van der Waals surface area contributed by atoms with Gasteiger partial charge in [-0.05, 0) is 39.8 Å². The van der Waals surface area contributed by atoms with Crippen molar-refractivity contribution in [1.82, 2.24) is 10.2 Å². The van der Waals surface area contributed by atoms with Crippen LogP contribution in [0.25, 0.3) is 0 Å². The summed E-state index contributed by atoms with van der Waals surface area (Å²) in [7, 11) is -2.87. The van der Waals surface area contributed by atoms with Crippen molar-refractivity contribution in [2.75, 3.05) is 31.1 Å². The van der Waals surface area contributed by atoms with Crippen LogP contribution in [0.1, 0.15) is 40.0 Å². The molecule has 1 N–H and O–H groups in total. The lowest BCUT2D eigenvalue weighted by Crippen LogP contribution is -2.46. The SMILES string of the molecule is CCS(=O)(=O)CC(C)NCC(C)N1CCCCC1. The Labute approximate surface area is 112 Å². The molecule has 0 aromatic heterocycles. The number of sulfone groups is 1. The van der Waals surface area contributed by atoms with Crippen LogP contribution in [0.2, 0.25) is 0 Å².